The molecular formula is C24H25FN2O. The Morgan fingerprint density at radius 2 is 2.00 bits per heavy atom. The smallest absolute Gasteiger partial charge is 0.159 e. The Kier molecular flexibility index (Phi) is 6.90. The van der Waals surface area contributed by atoms with Gasteiger partial charge in [-0.05, 0) is 49.8 Å². The van der Waals surface area contributed by atoms with Crippen molar-refractivity contribution in [3.05, 3.63) is 73.1 Å². The molecule has 144 valence electrons. The van der Waals surface area contributed by atoms with Crippen molar-refractivity contribution in [2.45, 2.75) is 32.4 Å². The normalized spacial score (nSPS) is 12.4. The molecular weight excluding hydrogens is 351 g/mol. The molecule has 4 heteroatoms. The number of hydrogen-bond acceptors (Lipinski definition) is 3. The van der Waals surface area contributed by atoms with Crippen molar-refractivity contribution in [2.75, 3.05) is 6.61 Å². The molecule has 3 aromatic rings. The predicted octanol–water partition coefficient (Wildman–Crippen LogP) is 6.40. The largest absolute Gasteiger partial charge is 0.488 e. The maximum atomic E-state index is 12.9. The van der Waals surface area contributed by atoms with Crippen molar-refractivity contribution in [2.24, 2.45) is 0 Å². The lowest BCUT2D eigenvalue weighted by Gasteiger charge is -2.12. The second kappa shape index (κ2) is 9.79. The number of fused-ring (bicyclic) bond motifs is 1. The van der Waals surface area contributed by atoms with Crippen LogP contribution in [0.15, 0.2) is 67.5 Å². The summed E-state index contributed by atoms with van der Waals surface area (Å²) in [4.78, 5) is 8.64. The summed E-state index contributed by atoms with van der Waals surface area (Å²) < 4.78 is 18.9. The molecule has 0 spiro atoms. The molecule has 1 aromatic heterocycles. The number of benzene rings is 2. The lowest BCUT2D eigenvalue weighted by atomic mass is 10.0. The van der Waals surface area contributed by atoms with E-state index in [2.05, 4.69) is 40.8 Å². The summed E-state index contributed by atoms with van der Waals surface area (Å²) in [5.41, 5.74) is 1.97. The number of aromatic nitrogens is 2. The van der Waals surface area contributed by atoms with Gasteiger partial charge in [-0.1, -0.05) is 43.0 Å². The Hall–Kier alpha value is -3.01. The Balaban J connectivity index is 1.91. The number of halogens is 1. The van der Waals surface area contributed by atoms with Crippen LogP contribution in [0.2, 0.25) is 0 Å². The van der Waals surface area contributed by atoms with E-state index in [1.165, 1.54) is 0 Å². The molecule has 3 rings (SSSR count). The Morgan fingerprint density at radius 1 is 1.18 bits per heavy atom. The first-order chi connectivity index (χ1) is 13.7. The fraction of sp³-hybridized carbons (Fsp3) is 0.250. The molecule has 0 N–H and O–H groups in total. The Labute approximate surface area is 165 Å². The highest BCUT2D eigenvalue weighted by Crippen LogP contribution is 2.33. The number of hydrogen-bond donors (Lipinski definition) is 0. The zero-order chi connectivity index (χ0) is 19.8. The van der Waals surface area contributed by atoms with Crippen LogP contribution in [0.4, 0.5) is 4.39 Å². The Bertz CT molecular complexity index is 951. The third kappa shape index (κ3) is 5.03. The van der Waals surface area contributed by atoms with Gasteiger partial charge in [0, 0.05) is 28.9 Å². The fourth-order valence-corrected chi connectivity index (χ4v) is 3.07. The van der Waals surface area contributed by atoms with Gasteiger partial charge in [0.25, 0.3) is 0 Å². The summed E-state index contributed by atoms with van der Waals surface area (Å²) in [5.74, 6) is 1.53. The molecule has 0 aliphatic carbocycles. The fourth-order valence-electron chi connectivity index (χ4n) is 3.07. The highest BCUT2D eigenvalue weighted by Gasteiger charge is 2.09. The minimum absolute atomic E-state index is 0.433. The van der Waals surface area contributed by atoms with Crippen molar-refractivity contribution < 1.29 is 9.13 Å². The molecule has 0 amide bonds. The van der Waals surface area contributed by atoms with Crippen LogP contribution in [0.5, 0.6) is 5.75 Å². The van der Waals surface area contributed by atoms with E-state index in [4.69, 9.17) is 4.74 Å². The molecule has 0 aliphatic rings. The number of alkyl halides is 1. The molecule has 0 fully saturated rings. The topological polar surface area (TPSA) is 35.0 Å². The van der Waals surface area contributed by atoms with Crippen LogP contribution in [0.1, 0.15) is 31.7 Å². The monoisotopic (exact) mass is 376 g/mol. The van der Waals surface area contributed by atoms with Crippen LogP contribution < -0.4 is 4.74 Å². The summed E-state index contributed by atoms with van der Waals surface area (Å²) in [7, 11) is 0. The van der Waals surface area contributed by atoms with Crippen molar-refractivity contribution in [1.82, 2.24) is 9.97 Å². The third-order valence-corrected chi connectivity index (χ3v) is 4.44. The maximum absolute atomic E-state index is 12.9. The van der Waals surface area contributed by atoms with Crippen LogP contribution in [-0.4, -0.2) is 22.7 Å². The molecule has 1 atom stereocenters. The van der Waals surface area contributed by atoms with Gasteiger partial charge >= 0.3 is 0 Å². The van der Waals surface area contributed by atoms with Crippen LogP contribution in [-0.2, 0) is 0 Å². The first-order valence-electron chi connectivity index (χ1n) is 9.57. The average molecular weight is 376 g/mol. The molecule has 0 aliphatic heterocycles. The predicted molar refractivity (Wildman–Crippen MR) is 114 cm³/mol. The standard InChI is InChI=1S/C24H25FN2O/c1-3-16-28-23-19(9-6-4-5-8-18(2)25)10-11-20-17-21(12-13-22(20)23)24-26-14-7-15-27-24/h3,6-7,9-15,17-18H,1,4-5,8,16H2,2H3. The second-order valence-corrected chi connectivity index (χ2v) is 6.71. The van der Waals surface area contributed by atoms with Crippen molar-refractivity contribution in [3.63, 3.8) is 0 Å². The molecule has 2 aromatic carbocycles. The first-order valence-corrected chi connectivity index (χ1v) is 9.57. The van der Waals surface area contributed by atoms with Gasteiger partial charge in [-0.15, -0.1) is 0 Å². The second-order valence-electron chi connectivity index (χ2n) is 6.71. The number of unbranched alkanes of at least 4 members (excludes halogenated alkanes) is 1. The van der Waals surface area contributed by atoms with E-state index in [1.54, 1.807) is 31.5 Å². The van der Waals surface area contributed by atoms with E-state index in [0.29, 0.717) is 18.9 Å². The number of ether oxygens (including phenoxy) is 1. The van der Waals surface area contributed by atoms with Gasteiger partial charge in [-0.25, -0.2) is 14.4 Å². The van der Waals surface area contributed by atoms with Gasteiger partial charge in [0.1, 0.15) is 12.4 Å². The summed E-state index contributed by atoms with van der Waals surface area (Å²) in [6, 6.07) is 12.0. The molecule has 0 bridgehead atoms. The lowest BCUT2D eigenvalue weighted by molar-refractivity contribution is 0.335. The van der Waals surface area contributed by atoms with E-state index in [1.807, 2.05) is 18.2 Å². The third-order valence-electron chi connectivity index (χ3n) is 4.44. The number of rotatable bonds is 9. The van der Waals surface area contributed by atoms with Crippen LogP contribution in [0.3, 0.4) is 0 Å². The number of allylic oxidation sites excluding steroid dienone is 1. The molecule has 1 unspecified atom stereocenters. The molecule has 1 heterocycles. The molecule has 3 nitrogen and oxygen atoms in total. The van der Waals surface area contributed by atoms with E-state index in [0.717, 1.165) is 40.5 Å². The van der Waals surface area contributed by atoms with Gasteiger partial charge in [0.15, 0.2) is 5.82 Å². The first kappa shape index (κ1) is 19.7. The summed E-state index contributed by atoms with van der Waals surface area (Å²) in [6.45, 7) is 5.78. The molecule has 0 saturated heterocycles. The highest BCUT2D eigenvalue weighted by molar-refractivity contribution is 5.94. The minimum atomic E-state index is -0.747. The van der Waals surface area contributed by atoms with E-state index < -0.39 is 6.17 Å². The summed E-state index contributed by atoms with van der Waals surface area (Å²) >= 11 is 0. The van der Waals surface area contributed by atoms with Gasteiger partial charge in [0.2, 0.25) is 0 Å². The summed E-state index contributed by atoms with van der Waals surface area (Å²) in [5, 5.41) is 2.09. The Morgan fingerprint density at radius 3 is 2.75 bits per heavy atom. The van der Waals surface area contributed by atoms with Crippen LogP contribution in [0.25, 0.3) is 28.2 Å². The van der Waals surface area contributed by atoms with Gasteiger partial charge < -0.3 is 4.74 Å². The van der Waals surface area contributed by atoms with Crippen molar-refractivity contribution >= 4 is 16.8 Å². The van der Waals surface area contributed by atoms with E-state index in [-0.39, 0.29) is 0 Å². The SMILES string of the molecule is C=CCOc1c(C=CCCCC(C)F)ccc2cc(-c3ncccn3)ccc12. The van der Waals surface area contributed by atoms with Crippen LogP contribution in [0, 0.1) is 0 Å². The van der Waals surface area contributed by atoms with E-state index >= 15 is 0 Å². The van der Waals surface area contributed by atoms with Crippen molar-refractivity contribution in [1.29, 1.82) is 0 Å². The molecule has 28 heavy (non-hydrogen) atoms. The summed E-state index contributed by atoms with van der Waals surface area (Å²) in [6.07, 6.45) is 10.9. The minimum Gasteiger partial charge on any atom is -0.488 e. The van der Waals surface area contributed by atoms with Gasteiger partial charge in [-0.2, -0.15) is 0 Å². The average Bonchev–Trinajstić information content (AvgIpc) is 2.72. The van der Waals surface area contributed by atoms with E-state index in [9.17, 15) is 4.39 Å². The van der Waals surface area contributed by atoms with Gasteiger partial charge in [0.05, 0.1) is 6.17 Å². The zero-order valence-electron chi connectivity index (χ0n) is 16.1. The molecule has 0 radical (unpaired) electrons. The molecule has 0 saturated carbocycles. The van der Waals surface area contributed by atoms with Gasteiger partial charge in [-0.3, -0.25) is 0 Å². The lowest BCUT2D eigenvalue weighted by Crippen LogP contribution is -1.97. The van der Waals surface area contributed by atoms with Crippen LogP contribution >= 0.6 is 0 Å². The quantitative estimate of drug-likeness (QED) is 0.320. The zero-order valence-corrected chi connectivity index (χ0v) is 16.1. The highest BCUT2D eigenvalue weighted by atomic mass is 19.1. The van der Waals surface area contributed by atoms with Crippen molar-refractivity contribution in [3.8, 4) is 17.1 Å². The number of nitrogens with zero attached hydrogens (tertiary/aromatic N) is 2. The maximum Gasteiger partial charge on any atom is 0.159 e.